The van der Waals surface area contributed by atoms with Crippen molar-refractivity contribution in [2.75, 3.05) is 0 Å². The molecule has 4 heteroatoms. The molecule has 2 aromatic heterocycles. The highest BCUT2D eigenvalue weighted by atomic mass is 19.1. The summed E-state index contributed by atoms with van der Waals surface area (Å²) in [6.45, 7) is 0. The van der Waals surface area contributed by atoms with Gasteiger partial charge < -0.3 is 9.13 Å². The van der Waals surface area contributed by atoms with E-state index in [1.165, 1.54) is 45.8 Å². The van der Waals surface area contributed by atoms with Gasteiger partial charge >= 0.3 is 0 Å². The minimum Gasteiger partial charge on any atom is -0.309 e. The number of fused-ring (bicyclic) bond motifs is 8. The Morgan fingerprint density at radius 3 is 0.818 bits per heavy atom. The first-order valence-corrected chi connectivity index (χ1v) is 22.3. The first-order chi connectivity index (χ1) is 32.6. The maximum atomic E-state index is 14.0. The van der Waals surface area contributed by atoms with Crippen molar-refractivity contribution in [2.24, 2.45) is 0 Å². The summed E-state index contributed by atoms with van der Waals surface area (Å²) in [7, 11) is 0. The van der Waals surface area contributed by atoms with E-state index < -0.39 is 0 Å². The highest BCUT2D eigenvalue weighted by Gasteiger charge is 2.21. The largest absolute Gasteiger partial charge is 0.309 e. The number of hydrogen-bond donors (Lipinski definition) is 0. The molecule has 0 saturated heterocycles. The van der Waals surface area contributed by atoms with Crippen LogP contribution in [0.5, 0.6) is 0 Å². The molecule has 13 aromatic rings. The molecular formula is C62H38F2N2. The van der Waals surface area contributed by atoms with Crippen LogP contribution in [0.2, 0.25) is 0 Å². The van der Waals surface area contributed by atoms with Gasteiger partial charge in [0.25, 0.3) is 0 Å². The Hall–Kier alpha value is -8.60. The minimum absolute atomic E-state index is 0.252. The second-order valence-electron chi connectivity index (χ2n) is 17.1. The third kappa shape index (κ3) is 5.99. The Morgan fingerprint density at radius 2 is 0.500 bits per heavy atom. The lowest BCUT2D eigenvalue weighted by atomic mass is 9.85. The van der Waals surface area contributed by atoms with Gasteiger partial charge in [0.05, 0.1) is 22.1 Å². The summed E-state index contributed by atoms with van der Waals surface area (Å²) in [5.41, 5.74) is 15.1. The SMILES string of the molecule is Fc1ccc(-c2ccc(-c3c4ccc(-n5c6ccccc6c6ccccc65)cc4c(-c4ccc(-c5ccc(F)cc5)cc4)c4ccc(-n5c6ccccc6c6ccccc65)cc34)cc2)cc1. The smallest absolute Gasteiger partial charge is 0.123 e. The fourth-order valence-electron chi connectivity index (χ4n) is 10.4. The van der Waals surface area contributed by atoms with Crippen molar-refractivity contribution in [3.05, 3.63) is 242 Å². The third-order valence-electron chi connectivity index (χ3n) is 13.5. The molecule has 2 nitrogen and oxygen atoms in total. The standard InChI is InChI=1S/C62H38F2N2/c63-45-29-25-41(26-30-45)39-17-21-43(22-18-39)61-54-36-34-48(66-59-15-7-3-11-51(59)52-12-4-8-16-60(52)66)38-56(54)62(44-23-19-40(20-24-44)42-27-31-46(64)32-28-42)53-35-33-47(37-55(53)61)65-57-13-5-1-9-49(57)50-10-2-6-14-58(50)65/h1-38H. The molecule has 0 N–H and O–H groups in total. The van der Waals surface area contributed by atoms with E-state index in [0.717, 1.165) is 99.5 Å². The second kappa shape index (κ2) is 15.0. The monoisotopic (exact) mass is 848 g/mol. The zero-order valence-electron chi connectivity index (χ0n) is 35.6. The van der Waals surface area contributed by atoms with E-state index in [9.17, 15) is 8.78 Å². The van der Waals surface area contributed by atoms with Gasteiger partial charge in [-0.1, -0.05) is 158 Å². The molecular weight excluding hydrogens is 811 g/mol. The van der Waals surface area contributed by atoms with Crippen LogP contribution in [0, 0.1) is 11.6 Å². The van der Waals surface area contributed by atoms with E-state index in [1.54, 1.807) is 0 Å². The van der Waals surface area contributed by atoms with Gasteiger partial charge in [0, 0.05) is 32.9 Å². The molecule has 0 amide bonds. The Kier molecular flexibility index (Phi) is 8.62. The summed E-state index contributed by atoms with van der Waals surface area (Å²) in [6.07, 6.45) is 0. The van der Waals surface area contributed by atoms with Gasteiger partial charge in [-0.2, -0.15) is 0 Å². The lowest BCUT2D eigenvalue weighted by Crippen LogP contribution is -1.98. The number of benzene rings is 11. The summed E-state index contributed by atoms with van der Waals surface area (Å²) >= 11 is 0. The van der Waals surface area contributed by atoms with E-state index in [-0.39, 0.29) is 11.6 Å². The van der Waals surface area contributed by atoms with E-state index in [0.29, 0.717) is 0 Å². The number of hydrogen-bond acceptors (Lipinski definition) is 0. The molecule has 0 atom stereocenters. The second-order valence-corrected chi connectivity index (χ2v) is 17.1. The summed E-state index contributed by atoms with van der Waals surface area (Å²) in [6, 6.07) is 79.2. The topological polar surface area (TPSA) is 9.86 Å². The molecule has 0 fully saturated rings. The molecule has 13 rings (SSSR count). The fourth-order valence-corrected chi connectivity index (χ4v) is 10.4. The summed E-state index contributed by atoms with van der Waals surface area (Å²) in [5.74, 6) is -0.504. The average molecular weight is 849 g/mol. The molecule has 0 saturated carbocycles. The van der Waals surface area contributed by atoms with Gasteiger partial charge in [-0.3, -0.25) is 0 Å². The van der Waals surface area contributed by atoms with Gasteiger partial charge in [-0.25, -0.2) is 8.78 Å². The van der Waals surface area contributed by atoms with Crippen LogP contribution < -0.4 is 0 Å². The lowest BCUT2D eigenvalue weighted by Gasteiger charge is -2.21. The van der Waals surface area contributed by atoms with Crippen molar-refractivity contribution >= 4 is 65.2 Å². The van der Waals surface area contributed by atoms with Crippen LogP contribution in [0.25, 0.3) is 121 Å². The maximum absolute atomic E-state index is 14.0. The van der Waals surface area contributed by atoms with Crippen LogP contribution in [0.1, 0.15) is 0 Å². The van der Waals surface area contributed by atoms with Gasteiger partial charge in [-0.05, 0) is 139 Å². The normalized spacial score (nSPS) is 11.8. The zero-order chi connectivity index (χ0) is 43.9. The minimum atomic E-state index is -0.252. The van der Waals surface area contributed by atoms with Crippen LogP contribution in [0.3, 0.4) is 0 Å². The van der Waals surface area contributed by atoms with Crippen LogP contribution in [-0.4, -0.2) is 9.13 Å². The quantitative estimate of drug-likeness (QED) is 0.148. The van der Waals surface area contributed by atoms with Gasteiger partial charge in [-0.15, -0.1) is 0 Å². The molecule has 0 bridgehead atoms. The number of nitrogens with zero attached hydrogens (tertiary/aromatic N) is 2. The lowest BCUT2D eigenvalue weighted by molar-refractivity contribution is 0.627. The van der Waals surface area contributed by atoms with Crippen LogP contribution in [-0.2, 0) is 0 Å². The molecule has 0 aliphatic rings. The zero-order valence-corrected chi connectivity index (χ0v) is 35.6. The van der Waals surface area contributed by atoms with Crippen molar-refractivity contribution in [3.8, 4) is 55.9 Å². The van der Waals surface area contributed by atoms with Crippen molar-refractivity contribution < 1.29 is 8.78 Å². The third-order valence-corrected chi connectivity index (χ3v) is 13.5. The van der Waals surface area contributed by atoms with Gasteiger partial charge in [0.15, 0.2) is 0 Å². The fraction of sp³-hybridized carbons (Fsp3) is 0. The van der Waals surface area contributed by atoms with E-state index >= 15 is 0 Å². The predicted octanol–water partition coefficient (Wildman–Crippen LogP) is 17.1. The Morgan fingerprint density at radius 1 is 0.227 bits per heavy atom. The molecule has 310 valence electrons. The molecule has 0 aliphatic carbocycles. The molecule has 2 heterocycles. The summed E-state index contributed by atoms with van der Waals surface area (Å²) in [5, 5.41) is 9.34. The number of rotatable bonds is 6. The predicted molar refractivity (Wildman–Crippen MR) is 272 cm³/mol. The number of aromatic nitrogens is 2. The van der Waals surface area contributed by atoms with Crippen LogP contribution in [0.15, 0.2) is 231 Å². The summed E-state index contributed by atoms with van der Waals surface area (Å²) < 4.78 is 32.8. The van der Waals surface area contributed by atoms with Crippen molar-refractivity contribution in [1.29, 1.82) is 0 Å². The highest BCUT2D eigenvalue weighted by molar-refractivity contribution is 6.23. The van der Waals surface area contributed by atoms with Crippen molar-refractivity contribution in [3.63, 3.8) is 0 Å². The van der Waals surface area contributed by atoms with Crippen molar-refractivity contribution in [2.45, 2.75) is 0 Å². The van der Waals surface area contributed by atoms with Crippen LogP contribution in [0.4, 0.5) is 8.78 Å². The molecule has 0 spiro atoms. The maximum Gasteiger partial charge on any atom is 0.123 e. The molecule has 0 aliphatic heterocycles. The Balaban J connectivity index is 1.13. The van der Waals surface area contributed by atoms with Gasteiger partial charge in [0.1, 0.15) is 11.6 Å². The van der Waals surface area contributed by atoms with Crippen LogP contribution >= 0.6 is 0 Å². The first-order valence-electron chi connectivity index (χ1n) is 22.3. The average Bonchev–Trinajstić information content (AvgIpc) is 3.89. The molecule has 0 unspecified atom stereocenters. The van der Waals surface area contributed by atoms with Gasteiger partial charge in [0.2, 0.25) is 0 Å². The highest BCUT2D eigenvalue weighted by Crippen LogP contribution is 2.47. The first kappa shape index (κ1) is 37.9. The number of para-hydroxylation sites is 4. The molecule has 66 heavy (non-hydrogen) atoms. The number of halogens is 2. The Labute approximate surface area is 379 Å². The van der Waals surface area contributed by atoms with Crippen molar-refractivity contribution in [1.82, 2.24) is 9.13 Å². The van der Waals surface area contributed by atoms with E-state index in [2.05, 4.69) is 191 Å². The Bertz CT molecular complexity index is 3660. The molecule has 0 radical (unpaired) electrons. The van der Waals surface area contributed by atoms with E-state index in [1.807, 2.05) is 24.3 Å². The van der Waals surface area contributed by atoms with E-state index in [4.69, 9.17) is 0 Å². The summed E-state index contributed by atoms with van der Waals surface area (Å²) in [4.78, 5) is 0. The molecule has 11 aromatic carbocycles.